The van der Waals surface area contributed by atoms with Crippen molar-refractivity contribution >= 4 is 17.8 Å². The average Bonchev–Trinajstić information content (AvgIpc) is 2.66. The minimum Gasteiger partial charge on any atom is -0.441 e. The molecule has 2 N–H and O–H groups in total. The van der Waals surface area contributed by atoms with Gasteiger partial charge in [-0.1, -0.05) is 60.5 Å². The van der Waals surface area contributed by atoms with E-state index in [-0.39, 0.29) is 35.4 Å². The van der Waals surface area contributed by atoms with Crippen molar-refractivity contribution in [3.8, 4) is 0 Å². The lowest BCUT2D eigenvalue weighted by molar-refractivity contribution is -0.131. The Bertz CT molecular complexity index is 646. The van der Waals surface area contributed by atoms with Crippen molar-refractivity contribution in [3.05, 3.63) is 12.2 Å². The zero-order valence-corrected chi connectivity index (χ0v) is 21.6. The molecule has 0 bridgehead atoms. The van der Waals surface area contributed by atoms with E-state index in [1.807, 2.05) is 32.9 Å². The maximum atomic E-state index is 12.8. The van der Waals surface area contributed by atoms with Gasteiger partial charge in [-0.2, -0.15) is 5.48 Å². The van der Waals surface area contributed by atoms with Crippen molar-refractivity contribution in [1.29, 1.82) is 0 Å². The van der Waals surface area contributed by atoms with E-state index < -0.39 is 6.09 Å². The number of ketones is 1. The molecule has 0 saturated heterocycles. The molecule has 2 amide bonds. The van der Waals surface area contributed by atoms with Crippen molar-refractivity contribution in [3.63, 3.8) is 0 Å². The molecule has 7 nitrogen and oxygen atoms in total. The van der Waals surface area contributed by atoms with Gasteiger partial charge in [0.2, 0.25) is 5.91 Å². The fourth-order valence-electron chi connectivity index (χ4n) is 4.02. The number of nitrogens with one attached hydrogen (secondary N) is 2. The second kappa shape index (κ2) is 14.4. The average molecular weight is 467 g/mol. The normalized spacial score (nSPS) is 18.1. The van der Waals surface area contributed by atoms with Gasteiger partial charge in [-0.3, -0.25) is 14.4 Å². The molecular weight excluding hydrogens is 420 g/mol. The van der Waals surface area contributed by atoms with Gasteiger partial charge in [0.25, 0.3) is 0 Å². The summed E-state index contributed by atoms with van der Waals surface area (Å²) in [5, 5.41) is 2.78. The number of hydrogen-bond acceptors (Lipinski definition) is 5. The summed E-state index contributed by atoms with van der Waals surface area (Å²) < 4.78 is 5.30. The summed E-state index contributed by atoms with van der Waals surface area (Å²) in [7, 11) is 0. The molecule has 0 saturated carbocycles. The van der Waals surface area contributed by atoms with Gasteiger partial charge in [0.15, 0.2) is 6.61 Å². The Hall–Kier alpha value is -1.89. The standard InChI is InChI=1S/C26H46N2O5/c1-25(2,3)18-20(23(30)26(4,5)6)14-12-13-17-27-22(29)19-32-28-24(31)33-21-15-10-8-7-9-11-16-21/h10,15,20-21H,7-9,11-14,16-19H2,1-6H3,(H,27,29)(H,28,31). The van der Waals surface area contributed by atoms with Crippen LogP contribution in [0.15, 0.2) is 12.2 Å². The smallest absolute Gasteiger partial charge is 0.431 e. The van der Waals surface area contributed by atoms with Crippen LogP contribution in [0.25, 0.3) is 0 Å². The van der Waals surface area contributed by atoms with Gasteiger partial charge in [-0.05, 0) is 56.4 Å². The highest BCUT2D eigenvalue weighted by Crippen LogP contribution is 2.33. The first kappa shape index (κ1) is 29.1. The van der Waals surface area contributed by atoms with Crippen LogP contribution in [-0.4, -0.2) is 37.0 Å². The van der Waals surface area contributed by atoms with E-state index in [0.29, 0.717) is 12.3 Å². The Labute approximate surface area is 200 Å². The summed E-state index contributed by atoms with van der Waals surface area (Å²) in [6.45, 7) is 12.6. The second-order valence-corrected chi connectivity index (χ2v) is 11.3. The Morgan fingerprint density at radius 2 is 1.76 bits per heavy atom. The zero-order valence-electron chi connectivity index (χ0n) is 21.6. The Morgan fingerprint density at radius 1 is 1.03 bits per heavy atom. The van der Waals surface area contributed by atoms with E-state index in [1.54, 1.807) is 0 Å². The lowest BCUT2D eigenvalue weighted by atomic mass is 9.74. The van der Waals surface area contributed by atoms with Crippen LogP contribution in [0.2, 0.25) is 0 Å². The van der Waals surface area contributed by atoms with Crippen LogP contribution in [0.4, 0.5) is 4.79 Å². The molecule has 33 heavy (non-hydrogen) atoms. The molecule has 0 radical (unpaired) electrons. The first-order valence-electron chi connectivity index (χ1n) is 12.4. The summed E-state index contributed by atoms with van der Waals surface area (Å²) >= 11 is 0. The van der Waals surface area contributed by atoms with Gasteiger partial charge >= 0.3 is 6.09 Å². The van der Waals surface area contributed by atoms with E-state index in [1.165, 1.54) is 6.42 Å². The van der Waals surface area contributed by atoms with Crippen LogP contribution in [0.1, 0.15) is 99.3 Å². The molecule has 7 heteroatoms. The summed E-state index contributed by atoms with van der Waals surface area (Å²) in [5.41, 5.74) is 1.92. The van der Waals surface area contributed by atoms with Crippen molar-refractivity contribution in [2.24, 2.45) is 16.7 Å². The predicted octanol–water partition coefficient (Wildman–Crippen LogP) is 5.49. The zero-order chi connectivity index (χ0) is 24.9. The number of hydrogen-bond donors (Lipinski definition) is 2. The number of allylic oxidation sites excluding steroid dienone is 1. The van der Waals surface area contributed by atoms with Gasteiger partial charge in [0.05, 0.1) is 0 Å². The summed E-state index contributed by atoms with van der Waals surface area (Å²) in [6, 6.07) is 0. The van der Waals surface area contributed by atoms with E-state index in [0.717, 1.165) is 51.4 Å². The number of amides is 2. The predicted molar refractivity (Wildman–Crippen MR) is 130 cm³/mol. The molecule has 0 aromatic heterocycles. The Morgan fingerprint density at radius 3 is 2.42 bits per heavy atom. The molecule has 0 aromatic carbocycles. The molecule has 0 spiro atoms. The molecule has 1 aliphatic carbocycles. The highest BCUT2D eigenvalue weighted by molar-refractivity contribution is 5.86. The Kier molecular flexibility index (Phi) is 12.7. The second-order valence-electron chi connectivity index (χ2n) is 11.3. The Balaban J connectivity index is 2.23. The number of hydroxylamine groups is 1. The topological polar surface area (TPSA) is 93.7 Å². The minimum absolute atomic E-state index is 0.0342. The SMILES string of the molecule is CC(C)(C)CC(CCCCNC(=O)CONC(=O)OC1C=CCCCCC1)C(=O)C(C)(C)C. The number of ether oxygens (including phenoxy) is 1. The molecule has 1 aliphatic rings. The van der Waals surface area contributed by atoms with Gasteiger partial charge in [0, 0.05) is 17.9 Å². The third kappa shape index (κ3) is 14.1. The highest BCUT2D eigenvalue weighted by atomic mass is 16.7. The maximum Gasteiger partial charge on any atom is 0.431 e. The molecule has 1 rings (SSSR count). The number of carbonyl (C=O) groups excluding carboxylic acids is 3. The van der Waals surface area contributed by atoms with E-state index in [9.17, 15) is 14.4 Å². The van der Waals surface area contributed by atoms with Gasteiger partial charge in [-0.25, -0.2) is 4.79 Å². The quantitative estimate of drug-likeness (QED) is 0.239. The largest absolute Gasteiger partial charge is 0.441 e. The third-order valence-corrected chi connectivity index (χ3v) is 5.60. The molecule has 0 heterocycles. The van der Waals surface area contributed by atoms with Gasteiger partial charge in [0.1, 0.15) is 11.9 Å². The van der Waals surface area contributed by atoms with Gasteiger partial charge < -0.3 is 10.1 Å². The van der Waals surface area contributed by atoms with Gasteiger partial charge in [-0.15, -0.1) is 0 Å². The number of carbonyl (C=O) groups is 3. The van der Waals surface area contributed by atoms with Crippen LogP contribution in [0.3, 0.4) is 0 Å². The third-order valence-electron chi connectivity index (χ3n) is 5.60. The molecule has 190 valence electrons. The van der Waals surface area contributed by atoms with Crippen molar-refractivity contribution in [2.75, 3.05) is 13.2 Å². The fraction of sp³-hybridized carbons (Fsp3) is 0.808. The molecule has 2 unspecified atom stereocenters. The first-order valence-corrected chi connectivity index (χ1v) is 12.4. The molecule has 0 aromatic rings. The van der Waals surface area contributed by atoms with Crippen LogP contribution in [0, 0.1) is 16.7 Å². The molecule has 0 aliphatic heterocycles. The van der Waals surface area contributed by atoms with Crippen LogP contribution >= 0.6 is 0 Å². The molecular formula is C26H46N2O5. The number of Topliss-reactive ketones (excluding diaryl/α,β-unsaturated/α-hetero) is 1. The van der Waals surface area contributed by atoms with Crippen LogP contribution < -0.4 is 10.8 Å². The monoisotopic (exact) mass is 466 g/mol. The minimum atomic E-state index is -0.688. The lowest BCUT2D eigenvalue weighted by Crippen LogP contribution is -2.35. The van der Waals surface area contributed by atoms with E-state index >= 15 is 0 Å². The summed E-state index contributed by atoms with van der Waals surface area (Å²) in [5.74, 6) is 0.0350. The fourth-order valence-corrected chi connectivity index (χ4v) is 4.02. The van der Waals surface area contributed by atoms with Crippen LogP contribution in [0.5, 0.6) is 0 Å². The lowest BCUT2D eigenvalue weighted by Gasteiger charge is -2.30. The first-order chi connectivity index (χ1) is 15.4. The van der Waals surface area contributed by atoms with E-state index in [2.05, 4.69) is 31.6 Å². The van der Waals surface area contributed by atoms with Crippen molar-refractivity contribution in [2.45, 2.75) is 105 Å². The number of rotatable bonds is 11. The van der Waals surface area contributed by atoms with Crippen molar-refractivity contribution in [1.82, 2.24) is 10.8 Å². The van der Waals surface area contributed by atoms with Crippen molar-refractivity contribution < 1.29 is 24.0 Å². The molecule has 2 atom stereocenters. The summed E-state index contributed by atoms with van der Waals surface area (Å²) in [6.07, 6.45) is 11.5. The van der Waals surface area contributed by atoms with E-state index in [4.69, 9.17) is 9.57 Å². The highest BCUT2D eigenvalue weighted by Gasteiger charge is 2.31. The number of unbranched alkanes of at least 4 members (excludes halogenated alkanes) is 1. The summed E-state index contributed by atoms with van der Waals surface area (Å²) in [4.78, 5) is 41.5. The molecule has 0 fully saturated rings. The maximum absolute atomic E-state index is 12.8. The van der Waals surface area contributed by atoms with Crippen LogP contribution in [-0.2, 0) is 19.2 Å².